The molecule has 1 heterocycles. The van der Waals surface area contributed by atoms with Crippen molar-refractivity contribution in [2.45, 2.75) is 52.5 Å². The molecular weight excluding hydrogens is 318 g/mol. The second-order valence-corrected chi connectivity index (χ2v) is 10.5. The van der Waals surface area contributed by atoms with Gasteiger partial charge in [0, 0.05) is 19.0 Å². The maximum atomic E-state index is 12.5. The molecule has 1 fully saturated rings. The standard InChI is InChI=1S/C19H31NO3Si/c1-19(2,3)17(23-24(4)5)15-13-20(18(22)16(15)21)12-11-14-9-7-6-8-10-14/h6-10,15-17,21,24H,11-13H2,1-5H3/t15-,16-,17?/m1/s1. The van der Waals surface area contributed by atoms with E-state index < -0.39 is 15.1 Å². The maximum absolute atomic E-state index is 12.5. The quantitative estimate of drug-likeness (QED) is 0.803. The van der Waals surface area contributed by atoms with Gasteiger partial charge in [0.15, 0.2) is 9.04 Å². The highest BCUT2D eigenvalue weighted by Gasteiger charge is 2.47. The van der Waals surface area contributed by atoms with Gasteiger partial charge in [-0.25, -0.2) is 0 Å². The SMILES string of the molecule is C[SiH](C)OC([C@@H]1CN(CCc2ccccc2)C(=O)[C@@H]1O)C(C)(C)C. The lowest BCUT2D eigenvalue weighted by molar-refractivity contribution is -0.136. The minimum absolute atomic E-state index is 0.0927. The molecule has 0 aromatic heterocycles. The zero-order valence-corrected chi connectivity index (χ0v) is 16.7. The van der Waals surface area contributed by atoms with Crippen LogP contribution in [0.2, 0.25) is 13.1 Å². The summed E-state index contributed by atoms with van der Waals surface area (Å²) >= 11 is 0. The second kappa shape index (κ2) is 7.81. The molecule has 1 aliphatic rings. The Morgan fingerprint density at radius 2 is 1.92 bits per heavy atom. The van der Waals surface area contributed by atoms with E-state index in [0.29, 0.717) is 13.1 Å². The Morgan fingerprint density at radius 1 is 1.29 bits per heavy atom. The molecule has 1 N–H and O–H groups in total. The molecule has 2 rings (SSSR count). The number of nitrogens with zero attached hydrogens (tertiary/aromatic N) is 1. The number of rotatable bonds is 6. The van der Waals surface area contributed by atoms with Crippen LogP contribution in [0.4, 0.5) is 0 Å². The molecule has 5 heteroatoms. The predicted molar refractivity (Wildman–Crippen MR) is 99.4 cm³/mol. The topological polar surface area (TPSA) is 49.8 Å². The fourth-order valence-electron chi connectivity index (χ4n) is 3.43. The molecule has 1 amide bonds. The maximum Gasteiger partial charge on any atom is 0.251 e. The molecule has 0 aliphatic carbocycles. The van der Waals surface area contributed by atoms with Crippen molar-refractivity contribution < 1.29 is 14.3 Å². The van der Waals surface area contributed by atoms with Gasteiger partial charge in [-0.15, -0.1) is 0 Å². The van der Waals surface area contributed by atoms with E-state index in [-0.39, 0.29) is 23.3 Å². The molecule has 1 aliphatic heterocycles. The number of aliphatic hydroxyl groups is 1. The van der Waals surface area contributed by atoms with E-state index in [4.69, 9.17) is 4.43 Å². The third-order valence-electron chi connectivity index (χ3n) is 4.58. The van der Waals surface area contributed by atoms with Crippen LogP contribution in [-0.4, -0.2) is 50.3 Å². The Morgan fingerprint density at radius 3 is 2.46 bits per heavy atom. The minimum atomic E-state index is -1.26. The average molecular weight is 350 g/mol. The van der Waals surface area contributed by atoms with Gasteiger partial charge < -0.3 is 14.4 Å². The smallest absolute Gasteiger partial charge is 0.251 e. The lowest BCUT2D eigenvalue weighted by atomic mass is 9.80. The van der Waals surface area contributed by atoms with Gasteiger partial charge >= 0.3 is 0 Å². The summed E-state index contributed by atoms with van der Waals surface area (Å²) in [6, 6.07) is 10.1. The van der Waals surface area contributed by atoms with Gasteiger partial charge in [0.2, 0.25) is 0 Å². The van der Waals surface area contributed by atoms with Crippen LogP contribution in [0.15, 0.2) is 30.3 Å². The van der Waals surface area contributed by atoms with E-state index >= 15 is 0 Å². The first kappa shape index (κ1) is 19.2. The van der Waals surface area contributed by atoms with Crippen molar-refractivity contribution in [2.75, 3.05) is 13.1 Å². The molecule has 4 nitrogen and oxygen atoms in total. The van der Waals surface area contributed by atoms with Crippen LogP contribution in [0.5, 0.6) is 0 Å². The lowest BCUT2D eigenvalue weighted by Gasteiger charge is -2.37. The first-order chi connectivity index (χ1) is 11.2. The monoisotopic (exact) mass is 349 g/mol. The molecule has 0 bridgehead atoms. The molecule has 1 aromatic carbocycles. The van der Waals surface area contributed by atoms with Gasteiger partial charge in [0.05, 0.1) is 6.10 Å². The fraction of sp³-hybridized carbons (Fsp3) is 0.632. The highest BCUT2D eigenvalue weighted by Crippen LogP contribution is 2.35. The molecule has 134 valence electrons. The summed E-state index contributed by atoms with van der Waals surface area (Å²) in [4.78, 5) is 14.3. The van der Waals surface area contributed by atoms with Crippen LogP contribution in [-0.2, 0) is 15.6 Å². The zero-order chi connectivity index (χ0) is 17.9. The molecule has 1 saturated heterocycles. The summed E-state index contributed by atoms with van der Waals surface area (Å²) < 4.78 is 6.23. The number of benzene rings is 1. The second-order valence-electron chi connectivity index (χ2n) is 8.10. The zero-order valence-electron chi connectivity index (χ0n) is 15.5. The van der Waals surface area contributed by atoms with Crippen molar-refractivity contribution in [3.63, 3.8) is 0 Å². The highest BCUT2D eigenvalue weighted by atomic mass is 28.3. The lowest BCUT2D eigenvalue weighted by Crippen LogP contribution is -2.44. The normalized spacial score (nSPS) is 23.1. The van der Waals surface area contributed by atoms with Gasteiger partial charge in [0.1, 0.15) is 6.10 Å². The first-order valence-corrected chi connectivity index (χ1v) is 11.6. The molecule has 1 aromatic rings. The van der Waals surface area contributed by atoms with Gasteiger partial charge in [-0.1, -0.05) is 51.1 Å². The molecule has 0 saturated carbocycles. The third-order valence-corrected chi connectivity index (χ3v) is 5.41. The van der Waals surface area contributed by atoms with E-state index in [1.165, 1.54) is 5.56 Å². The highest BCUT2D eigenvalue weighted by molar-refractivity contribution is 6.48. The largest absolute Gasteiger partial charge is 0.417 e. The van der Waals surface area contributed by atoms with Crippen LogP contribution >= 0.6 is 0 Å². The van der Waals surface area contributed by atoms with Crippen LogP contribution in [0.3, 0.4) is 0 Å². The Labute approximate surface area is 147 Å². The van der Waals surface area contributed by atoms with Gasteiger partial charge in [-0.2, -0.15) is 0 Å². The molecule has 24 heavy (non-hydrogen) atoms. The molecule has 3 atom stereocenters. The van der Waals surface area contributed by atoms with Crippen LogP contribution in [0.25, 0.3) is 0 Å². The van der Waals surface area contributed by atoms with Crippen LogP contribution < -0.4 is 0 Å². The van der Waals surface area contributed by atoms with Crippen molar-refractivity contribution in [2.24, 2.45) is 11.3 Å². The van der Waals surface area contributed by atoms with E-state index in [1.54, 1.807) is 4.90 Å². The molecule has 1 unspecified atom stereocenters. The van der Waals surface area contributed by atoms with Gasteiger partial charge in [-0.05, 0) is 30.5 Å². The summed E-state index contributed by atoms with van der Waals surface area (Å²) in [6.45, 7) is 11.9. The van der Waals surface area contributed by atoms with Crippen molar-refractivity contribution in [1.82, 2.24) is 4.90 Å². The molecular formula is C19H31NO3Si. The first-order valence-electron chi connectivity index (χ1n) is 8.86. The van der Waals surface area contributed by atoms with Crippen LogP contribution in [0, 0.1) is 11.3 Å². The summed E-state index contributed by atoms with van der Waals surface area (Å²) in [5.41, 5.74) is 1.11. The van der Waals surface area contributed by atoms with E-state index in [0.717, 1.165) is 6.42 Å². The van der Waals surface area contributed by atoms with Crippen molar-refractivity contribution >= 4 is 14.9 Å². The number of carbonyl (C=O) groups is 1. The molecule has 0 spiro atoms. The predicted octanol–water partition coefficient (Wildman–Crippen LogP) is 2.46. The minimum Gasteiger partial charge on any atom is -0.417 e. The number of aliphatic hydroxyl groups excluding tert-OH is 1. The average Bonchev–Trinajstić information content (AvgIpc) is 2.78. The Balaban J connectivity index is 2.06. The van der Waals surface area contributed by atoms with E-state index in [9.17, 15) is 9.90 Å². The number of likely N-dealkylation sites (tertiary alicyclic amines) is 1. The van der Waals surface area contributed by atoms with Crippen molar-refractivity contribution in [3.05, 3.63) is 35.9 Å². The number of amides is 1. The number of hydrogen-bond acceptors (Lipinski definition) is 3. The van der Waals surface area contributed by atoms with Crippen LogP contribution in [0.1, 0.15) is 26.3 Å². The Hall–Kier alpha value is -1.17. The summed E-state index contributed by atoms with van der Waals surface area (Å²) in [7, 11) is -1.26. The Bertz CT molecular complexity index is 541. The number of hydrogen-bond donors (Lipinski definition) is 1. The summed E-state index contributed by atoms with van der Waals surface area (Å²) in [6.07, 6.45) is -0.228. The fourth-order valence-corrected chi connectivity index (χ4v) is 4.62. The molecule has 0 radical (unpaired) electrons. The summed E-state index contributed by atoms with van der Waals surface area (Å²) in [5.74, 6) is -0.303. The summed E-state index contributed by atoms with van der Waals surface area (Å²) in [5, 5.41) is 10.5. The Kier molecular flexibility index (Phi) is 6.23. The van der Waals surface area contributed by atoms with Crippen molar-refractivity contribution in [3.8, 4) is 0 Å². The third kappa shape index (κ3) is 4.68. The van der Waals surface area contributed by atoms with Crippen molar-refractivity contribution in [1.29, 1.82) is 0 Å². The van der Waals surface area contributed by atoms with Gasteiger partial charge in [-0.3, -0.25) is 4.79 Å². The number of carbonyl (C=O) groups excluding carboxylic acids is 1. The van der Waals surface area contributed by atoms with E-state index in [2.05, 4.69) is 46.0 Å². The van der Waals surface area contributed by atoms with E-state index in [1.807, 2.05) is 18.2 Å². The van der Waals surface area contributed by atoms with Gasteiger partial charge in [0.25, 0.3) is 5.91 Å².